The molecule has 0 bridgehead atoms. The molecule has 1 aromatic carbocycles. The van der Waals surface area contributed by atoms with E-state index in [1.807, 2.05) is 36.4 Å². The van der Waals surface area contributed by atoms with E-state index < -0.39 is 0 Å². The first-order valence-corrected chi connectivity index (χ1v) is 8.77. The minimum absolute atomic E-state index is 0.103. The van der Waals surface area contributed by atoms with Crippen molar-refractivity contribution in [2.45, 2.75) is 39.0 Å². The van der Waals surface area contributed by atoms with Crippen molar-refractivity contribution in [3.63, 3.8) is 0 Å². The van der Waals surface area contributed by atoms with Crippen LogP contribution in [0.5, 0.6) is 0 Å². The number of amides is 1. The van der Waals surface area contributed by atoms with Crippen LogP contribution in [0.3, 0.4) is 0 Å². The first-order chi connectivity index (χ1) is 12.1. The number of benzene rings is 1. The number of anilines is 1. The maximum absolute atomic E-state index is 12.0. The molecule has 2 unspecified atom stereocenters. The van der Waals surface area contributed by atoms with Gasteiger partial charge in [0.15, 0.2) is 5.82 Å². The molecular formula is C20H23N3O2. The zero-order chi connectivity index (χ0) is 17.6. The van der Waals surface area contributed by atoms with Crippen LogP contribution in [0, 0.1) is 11.8 Å². The normalized spacial score (nSPS) is 19.6. The molecule has 1 N–H and O–H groups in total. The third-order valence-electron chi connectivity index (χ3n) is 4.81. The number of ketones is 1. The van der Waals surface area contributed by atoms with Gasteiger partial charge in [-0.3, -0.25) is 9.59 Å². The van der Waals surface area contributed by atoms with E-state index in [0.717, 1.165) is 36.9 Å². The van der Waals surface area contributed by atoms with Crippen LogP contribution in [-0.4, -0.2) is 21.9 Å². The summed E-state index contributed by atoms with van der Waals surface area (Å²) in [7, 11) is 0. The summed E-state index contributed by atoms with van der Waals surface area (Å²) in [4.78, 5) is 23.5. The van der Waals surface area contributed by atoms with Gasteiger partial charge < -0.3 is 5.32 Å². The molecule has 1 aromatic heterocycles. The van der Waals surface area contributed by atoms with E-state index in [9.17, 15) is 9.59 Å². The lowest BCUT2D eigenvalue weighted by atomic mass is 9.98. The van der Waals surface area contributed by atoms with Crippen LogP contribution in [0.15, 0.2) is 42.5 Å². The Bertz CT molecular complexity index is 728. The van der Waals surface area contributed by atoms with Crippen LogP contribution in [0.1, 0.15) is 37.4 Å². The molecule has 0 aliphatic heterocycles. The van der Waals surface area contributed by atoms with E-state index in [4.69, 9.17) is 0 Å². The second-order valence-electron chi connectivity index (χ2n) is 6.81. The number of rotatable bonds is 6. The molecule has 0 saturated heterocycles. The summed E-state index contributed by atoms with van der Waals surface area (Å²) >= 11 is 0. The molecule has 1 heterocycles. The number of carbonyl (C=O) groups excluding carboxylic acids is 2. The van der Waals surface area contributed by atoms with Crippen LogP contribution < -0.4 is 5.32 Å². The van der Waals surface area contributed by atoms with E-state index in [1.165, 1.54) is 0 Å². The van der Waals surface area contributed by atoms with Gasteiger partial charge in [0, 0.05) is 5.92 Å². The summed E-state index contributed by atoms with van der Waals surface area (Å²) in [5, 5.41) is 11.1. The number of hydrogen-bond acceptors (Lipinski definition) is 4. The first-order valence-electron chi connectivity index (χ1n) is 8.77. The predicted octanol–water partition coefficient (Wildman–Crippen LogP) is 3.21. The van der Waals surface area contributed by atoms with Crippen molar-refractivity contribution in [3.8, 4) is 0 Å². The smallest absolute Gasteiger partial charge is 0.229 e. The van der Waals surface area contributed by atoms with Gasteiger partial charge in [0.2, 0.25) is 5.91 Å². The van der Waals surface area contributed by atoms with Gasteiger partial charge in [-0.1, -0.05) is 30.3 Å². The lowest BCUT2D eigenvalue weighted by Crippen LogP contribution is -2.16. The number of nitrogens with one attached hydrogen (secondary N) is 1. The molecule has 0 spiro atoms. The summed E-state index contributed by atoms with van der Waals surface area (Å²) in [5.41, 5.74) is 1.88. The van der Waals surface area contributed by atoms with Crippen molar-refractivity contribution in [2.75, 3.05) is 5.32 Å². The first kappa shape index (κ1) is 17.3. The number of hydrogen-bond donors (Lipinski definition) is 1. The zero-order valence-corrected chi connectivity index (χ0v) is 14.4. The highest BCUT2D eigenvalue weighted by Gasteiger charge is 2.27. The summed E-state index contributed by atoms with van der Waals surface area (Å²) < 4.78 is 0. The maximum atomic E-state index is 12.0. The van der Waals surface area contributed by atoms with Crippen LogP contribution in [0.4, 0.5) is 5.82 Å². The topological polar surface area (TPSA) is 72.0 Å². The minimum atomic E-state index is -0.103. The van der Waals surface area contributed by atoms with Gasteiger partial charge in [0.05, 0.1) is 12.1 Å². The van der Waals surface area contributed by atoms with Crippen molar-refractivity contribution in [2.24, 2.45) is 11.8 Å². The molecule has 130 valence electrons. The molecule has 1 aliphatic carbocycles. The third-order valence-corrected chi connectivity index (χ3v) is 4.81. The number of aromatic nitrogens is 2. The lowest BCUT2D eigenvalue weighted by molar-refractivity contribution is -0.120. The fourth-order valence-corrected chi connectivity index (χ4v) is 3.43. The van der Waals surface area contributed by atoms with Crippen molar-refractivity contribution in [3.05, 3.63) is 53.7 Å². The van der Waals surface area contributed by atoms with Gasteiger partial charge in [0.1, 0.15) is 5.78 Å². The van der Waals surface area contributed by atoms with Crippen molar-refractivity contribution in [1.82, 2.24) is 10.2 Å². The van der Waals surface area contributed by atoms with E-state index in [1.54, 1.807) is 13.0 Å². The fraction of sp³-hybridized carbons (Fsp3) is 0.400. The van der Waals surface area contributed by atoms with Gasteiger partial charge in [-0.15, -0.1) is 5.10 Å². The molecule has 1 aliphatic rings. The highest BCUT2D eigenvalue weighted by atomic mass is 16.1. The lowest BCUT2D eigenvalue weighted by Gasteiger charge is -2.09. The number of nitrogens with zero attached hydrogens (tertiary/aromatic N) is 2. The molecule has 0 radical (unpaired) electrons. The standard InChI is InChI=1S/C20H23N3O2/c1-14(24)17-8-7-16(11-17)12-18-9-10-19(23-22-18)21-20(25)13-15-5-3-2-4-6-15/h2-6,9-10,16-17H,7-8,11-13H2,1H3,(H,21,23,25). The third kappa shape index (κ3) is 4.95. The predicted molar refractivity (Wildman–Crippen MR) is 96.0 cm³/mol. The van der Waals surface area contributed by atoms with Crippen molar-refractivity contribution < 1.29 is 9.59 Å². The minimum Gasteiger partial charge on any atom is -0.309 e. The van der Waals surface area contributed by atoms with Crippen molar-refractivity contribution in [1.29, 1.82) is 0 Å². The van der Waals surface area contributed by atoms with Gasteiger partial charge in [-0.2, -0.15) is 5.10 Å². The SMILES string of the molecule is CC(=O)C1CCC(Cc2ccc(NC(=O)Cc3ccccc3)nn2)C1. The molecule has 5 nitrogen and oxygen atoms in total. The van der Waals surface area contributed by atoms with Crippen LogP contribution >= 0.6 is 0 Å². The van der Waals surface area contributed by atoms with Gasteiger partial charge in [0.25, 0.3) is 0 Å². The van der Waals surface area contributed by atoms with E-state index in [2.05, 4.69) is 15.5 Å². The Labute approximate surface area is 147 Å². The fourth-order valence-electron chi connectivity index (χ4n) is 3.43. The summed E-state index contributed by atoms with van der Waals surface area (Å²) in [6, 6.07) is 13.3. The Kier molecular flexibility index (Phi) is 5.53. The Balaban J connectivity index is 1.50. The molecule has 2 atom stereocenters. The Morgan fingerprint density at radius 2 is 1.88 bits per heavy atom. The van der Waals surface area contributed by atoms with E-state index >= 15 is 0 Å². The average molecular weight is 337 g/mol. The van der Waals surface area contributed by atoms with Crippen LogP contribution in [0.25, 0.3) is 0 Å². The Morgan fingerprint density at radius 3 is 2.52 bits per heavy atom. The average Bonchev–Trinajstić information content (AvgIpc) is 3.06. The van der Waals surface area contributed by atoms with Crippen LogP contribution in [-0.2, 0) is 22.4 Å². The molecule has 1 fully saturated rings. The summed E-state index contributed by atoms with van der Waals surface area (Å²) in [6.07, 6.45) is 4.17. The molecule has 25 heavy (non-hydrogen) atoms. The largest absolute Gasteiger partial charge is 0.309 e. The quantitative estimate of drug-likeness (QED) is 0.878. The van der Waals surface area contributed by atoms with Gasteiger partial charge in [-0.25, -0.2) is 0 Å². The Morgan fingerprint density at radius 1 is 1.08 bits per heavy atom. The summed E-state index contributed by atoms with van der Waals surface area (Å²) in [5.74, 6) is 1.38. The van der Waals surface area contributed by atoms with Crippen molar-refractivity contribution >= 4 is 17.5 Å². The highest BCUT2D eigenvalue weighted by molar-refractivity contribution is 5.91. The molecule has 3 rings (SSSR count). The molecule has 5 heteroatoms. The highest BCUT2D eigenvalue weighted by Crippen LogP contribution is 2.33. The summed E-state index contributed by atoms with van der Waals surface area (Å²) in [6.45, 7) is 1.68. The number of Topliss-reactive ketones (excluding diaryl/α,β-unsaturated/α-hetero) is 1. The van der Waals surface area contributed by atoms with E-state index in [0.29, 0.717) is 23.9 Å². The van der Waals surface area contributed by atoms with Gasteiger partial charge in [-0.05, 0) is 56.2 Å². The van der Waals surface area contributed by atoms with Gasteiger partial charge >= 0.3 is 0 Å². The van der Waals surface area contributed by atoms with E-state index in [-0.39, 0.29) is 11.8 Å². The maximum Gasteiger partial charge on any atom is 0.229 e. The second-order valence-corrected chi connectivity index (χ2v) is 6.81. The molecule has 1 saturated carbocycles. The molecular weight excluding hydrogens is 314 g/mol. The molecule has 1 amide bonds. The van der Waals surface area contributed by atoms with Crippen LogP contribution in [0.2, 0.25) is 0 Å². The number of carbonyl (C=O) groups is 2. The second kappa shape index (κ2) is 8.01. The monoisotopic (exact) mass is 337 g/mol. The zero-order valence-electron chi connectivity index (χ0n) is 14.4. The Hall–Kier alpha value is -2.56. The molecule has 2 aromatic rings.